The van der Waals surface area contributed by atoms with Crippen LogP contribution in [0.25, 0.3) is 0 Å². The Morgan fingerprint density at radius 3 is 2.53 bits per heavy atom. The molecular weight excluding hydrogens is 308 g/mol. The smallest absolute Gasteiger partial charge is 0.408 e. The molecule has 1 atom stereocenters. The van der Waals surface area contributed by atoms with Crippen molar-refractivity contribution in [1.82, 2.24) is 5.32 Å². The molecule has 0 aliphatic carbocycles. The second kappa shape index (κ2) is 5.82. The Morgan fingerprint density at radius 2 is 2.00 bits per heavy atom. The number of rotatable bonds is 2. The highest BCUT2D eigenvalue weighted by Crippen LogP contribution is 2.29. The van der Waals surface area contributed by atoms with E-state index in [2.05, 4.69) is 21.2 Å². The van der Waals surface area contributed by atoms with Crippen LogP contribution in [0, 0.1) is 6.92 Å². The van der Waals surface area contributed by atoms with Crippen LogP contribution >= 0.6 is 15.9 Å². The second-order valence-corrected chi connectivity index (χ2v) is 6.47. The fraction of sp³-hybridized carbons (Fsp3) is 0.500. The molecule has 0 unspecified atom stereocenters. The van der Waals surface area contributed by atoms with Gasteiger partial charge in [-0.05, 0) is 67.7 Å². The van der Waals surface area contributed by atoms with Gasteiger partial charge in [0.05, 0.1) is 11.7 Å². The molecule has 0 saturated carbocycles. The van der Waals surface area contributed by atoms with E-state index < -0.39 is 11.7 Å². The molecule has 1 aromatic carbocycles. The SMILES string of the molecule is Cc1cc(Br)c(N)c([C@@H](C)NC(=O)OC(C)(C)C)c1. The molecular formula is C14H21BrN2O2. The third-order valence-corrected chi connectivity index (χ3v) is 3.16. The van der Waals surface area contributed by atoms with E-state index in [1.165, 1.54) is 0 Å². The molecule has 106 valence electrons. The van der Waals surface area contributed by atoms with Crippen LogP contribution in [0.3, 0.4) is 0 Å². The van der Waals surface area contributed by atoms with Crippen LogP contribution in [0.4, 0.5) is 10.5 Å². The third kappa shape index (κ3) is 4.74. The first-order valence-electron chi connectivity index (χ1n) is 6.15. The standard InChI is InChI=1S/C14H21BrN2O2/c1-8-6-10(12(16)11(15)7-8)9(2)17-13(18)19-14(3,4)5/h6-7,9H,16H2,1-5H3,(H,17,18)/t9-/m1/s1. The number of ether oxygens (including phenoxy) is 1. The van der Waals surface area contributed by atoms with Gasteiger partial charge >= 0.3 is 6.09 Å². The zero-order chi connectivity index (χ0) is 14.8. The average molecular weight is 329 g/mol. The van der Waals surface area contributed by atoms with Crippen LogP contribution in [0.2, 0.25) is 0 Å². The fourth-order valence-corrected chi connectivity index (χ4v) is 2.29. The number of aryl methyl sites for hydroxylation is 1. The molecule has 0 aliphatic rings. The van der Waals surface area contributed by atoms with Crippen molar-refractivity contribution in [2.24, 2.45) is 0 Å². The van der Waals surface area contributed by atoms with E-state index in [0.717, 1.165) is 15.6 Å². The van der Waals surface area contributed by atoms with Gasteiger partial charge in [0.2, 0.25) is 0 Å². The summed E-state index contributed by atoms with van der Waals surface area (Å²) in [7, 11) is 0. The summed E-state index contributed by atoms with van der Waals surface area (Å²) in [5.74, 6) is 0. The summed E-state index contributed by atoms with van der Waals surface area (Å²) in [6, 6.07) is 3.69. The predicted octanol–water partition coefficient (Wildman–Crippen LogP) is 3.93. The van der Waals surface area contributed by atoms with Gasteiger partial charge in [0, 0.05) is 4.47 Å². The summed E-state index contributed by atoms with van der Waals surface area (Å²) >= 11 is 3.41. The van der Waals surface area contributed by atoms with E-state index in [4.69, 9.17) is 10.5 Å². The van der Waals surface area contributed by atoms with Crippen molar-refractivity contribution in [1.29, 1.82) is 0 Å². The van der Waals surface area contributed by atoms with Crippen LogP contribution < -0.4 is 11.1 Å². The van der Waals surface area contributed by atoms with Crippen LogP contribution in [0.5, 0.6) is 0 Å². The topological polar surface area (TPSA) is 64.3 Å². The molecule has 0 fully saturated rings. The van der Waals surface area contributed by atoms with Crippen molar-refractivity contribution in [3.05, 3.63) is 27.7 Å². The summed E-state index contributed by atoms with van der Waals surface area (Å²) < 4.78 is 6.06. The van der Waals surface area contributed by atoms with E-state index in [9.17, 15) is 4.79 Å². The summed E-state index contributed by atoms with van der Waals surface area (Å²) in [4.78, 5) is 11.7. The highest BCUT2D eigenvalue weighted by Gasteiger charge is 2.19. The molecule has 19 heavy (non-hydrogen) atoms. The zero-order valence-electron chi connectivity index (χ0n) is 12.0. The van der Waals surface area contributed by atoms with Gasteiger partial charge in [0.15, 0.2) is 0 Å². The van der Waals surface area contributed by atoms with Crippen molar-refractivity contribution in [2.45, 2.75) is 46.3 Å². The van der Waals surface area contributed by atoms with E-state index >= 15 is 0 Å². The Bertz CT molecular complexity index is 481. The highest BCUT2D eigenvalue weighted by molar-refractivity contribution is 9.10. The number of anilines is 1. The van der Waals surface area contributed by atoms with Crippen molar-refractivity contribution in [3.8, 4) is 0 Å². The van der Waals surface area contributed by atoms with Crippen LogP contribution in [-0.4, -0.2) is 11.7 Å². The summed E-state index contributed by atoms with van der Waals surface area (Å²) in [5, 5.41) is 2.79. The van der Waals surface area contributed by atoms with Crippen molar-refractivity contribution in [3.63, 3.8) is 0 Å². The molecule has 4 nitrogen and oxygen atoms in total. The Balaban J connectivity index is 2.84. The number of carbonyl (C=O) groups is 1. The quantitative estimate of drug-likeness (QED) is 0.808. The molecule has 1 amide bonds. The van der Waals surface area contributed by atoms with E-state index in [0.29, 0.717) is 5.69 Å². The van der Waals surface area contributed by atoms with Gasteiger partial charge in [-0.2, -0.15) is 0 Å². The van der Waals surface area contributed by atoms with E-state index in [-0.39, 0.29) is 6.04 Å². The van der Waals surface area contributed by atoms with Crippen LogP contribution in [-0.2, 0) is 4.74 Å². The third-order valence-electron chi connectivity index (χ3n) is 2.51. The lowest BCUT2D eigenvalue weighted by atomic mass is 10.0. The van der Waals surface area contributed by atoms with Gasteiger partial charge in [0.25, 0.3) is 0 Å². The van der Waals surface area contributed by atoms with Crippen molar-refractivity contribution in [2.75, 3.05) is 5.73 Å². The summed E-state index contributed by atoms with van der Waals surface area (Å²) in [5.41, 5.74) is 8.09. The highest BCUT2D eigenvalue weighted by atomic mass is 79.9. The molecule has 0 saturated heterocycles. The number of amides is 1. The number of nitrogens with two attached hydrogens (primary N) is 1. The molecule has 3 N–H and O–H groups in total. The maximum Gasteiger partial charge on any atom is 0.408 e. The minimum Gasteiger partial charge on any atom is -0.444 e. The maximum atomic E-state index is 11.7. The molecule has 0 aromatic heterocycles. The minimum absolute atomic E-state index is 0.217. The molecule has 0 heterocycles. The number of carbonyl (C=O) groups excluding carboxylic acids is 1. The number of nitrogens with one attached hydrogen (secondary N) is 1. The van der Waals surface area contributed by atoms with Gasteiger partial charge in [0.1, 0.15) is 5.60 Å². The van der Waals surface area contributed by atoms with Gasteiger partial charge < -0.3 is 15.8 Å². The number of hydrogen-bond acceptors (Lipinski definition) is 3. The fourth-order valence-electron chi connectivity index (χ4n) is 1.70. The molecule has 0 spiro atoms. The molecule has 1 aromatic rings. The summed E-state index contributed by atoms with van der Waals surface area (Å²) in [6.07, 6.45) is -0.447. The first kappa shape index (κ1) is 15.8. The Kier molecular flexibility index (Phi) is 4.85. The van der Waals surface area contributed by atoms with E-state index in [1.807, 2.05) is 46.8 Å². The number of benzene rings is 1. The van der Waals surface area contributed by atoms with Crippen molar-refractivity contribution < 1.29 is 9.53 Å². The second-order valence-electron chi connectivity index (χ2n) is 5.62. The first-order valence-corrected chi connectivity index (χ1v) is 6.94. The Labute approximate surface area is 122 Å². The number of hydrogen-bond donors (Lipinski definition) is 2. The van der Waals surface area contributed by atoms with E-state index in [1.54, 1.807) is 0 Å². The largest absolute Gasteiger partial charge is 0.444 e. The van der Waals surface area contributed by atoms with Gasteiger partial charge in [-0.15, -0.1) is 0 Å². The van der Waals surface area contributed by atoms with Gasteiger partial charge in [-0.1, -0.05) is 6.07 Å². The lowest BCUT2D eigenvalue weighted by Crippen LogP contribution is -2.34. The Morgan fingerprint density at radius 1 is 1.42 bits per heavy atom. The van der Waals surface area contributed by atoms with Gasteiger partial charge in [-0.25, -0.2) is 4.79 Å². The summed E-state index contributed by atoms with van der Waals surface area (Å²) in [6.45, 7) is 9.34. The lowest BCUT2D eigenvalue weighted by Gasteiger charge is -2.23. The minimum atomic E-state index is -0.511. The van der Waals surface area contributed by atoms with Gasteiger partial charge in [-0.3, -0.25) is 0 Å². The Hall–Kier alpha value is -1.23. The number of nitrogen functional groups attached to an aromatic ring is 1. The molecule has 0 radical (unpaired) electrons. The molecule has 1 rings (SSSR count). The molecule has 5 heteroatoms. The molecule has 0 aliphatic heterocycles. The lowest BCUT2D eigenvalue weighted by molar-refractivity contribution is 0.0508. The van der Waals surface area contributed by atoms with Crippen LogP contribution in [0.1, 0.15) is 44.9 Å². The zero-order valence-corrected chi connectivity index (χ0v) is 13.6. The predicted molar refractivity (Wildman–Crippen MR) is 81.1 cm³/mol. The van der Waals surface area contributed by atoms with Crippen molar-refractivity contribution >= 4 is 27.7 Å². The normalized spacial score (nSPS) is 12.9. The molecule has 0 bridgehead atoms. The number of alkyl carbamates (subject to hydrolysis) is 1. The first-order chi connectivity index (χ1) is 8.60. The van der Waals surface area contributed by atoms with Crippen LogP contribution in [0.15, 0.2) is 16.6 Å². The maximum absolute atomic E-state index is 11.7. The number of halogens is 1. The monoisotopic (exact) mass is 328 g/mol. The average Bonchev–Trinajstić information content (AvgIpc) is 2.20.